The maximum atomic E-state index is 13.9. The first-order chi connectivity index (χ1) is 16.0. The summed E-state index contributed by atoms with van der Waals surface area (Å²) in [5.41, 5.74) is 7.73. The Hall–Kier alpha value is -4.85. The number of carbonyl (C=O) groups is 2. The Bertz CT molecular complexity index is 1430. The summed E-state index contributed by atoms with van der Waals surface area (Å²) in [6.07, 6.45) is 1.69. The van der Waals surface area contributed by atoms with Crippen molar-refractivity contribution in [3.05, 3.63) is 71.4 Å². The molecule has 11 heteroatoms. The van der Waals surface area contributed by atoms with Crippen molar-refractivity contribution < 1.29 is 18.4 Å². The lowest BCUT2D eigenvalue weighted by molar-refractivity contribution is 0.111. The highest BCUT2D eigenvalue weighted by Gasteiger charge is 2.22. The van der Waals surface area contributed by atoms with Gasteiger partial charge in [0.15, 0.2) is 12.1 Å². The van der Waals surface area contributed by atoms with Gasteiger partial charge >= 0.3 is 6.03 Å². The number of benzene rings is 2. The largest absolute Gasteiger partial charge is 0.382 e. The number of hydrogen-bond acceptors (Lipinski definition) is 6. The molecule has 2 amide bonds. The Morgan fingerprint density at radius 3 is 2.64 bits per heavy atom. The van der Waals surface area contributed by atoms with E-state index in [2.05, 4.69) is 20.7 Å². The van der Waals surface area contributed by atoms with Crippen LogP contribution in [0.25, 0.3) is 16.6 Å². The van der Waals surface area contributed by atoms with E-state index in [4.69, 9.17) is 5.73 Å². The topological polar surface area (TPSA) is 138 Å². The number of nitriles is 1. The van der Waals surface area contributed by atoms with Crippen LogP contribution < -0.4 is 16.4 Å². The molecule has 0 saturated carbocycles. The Morgan fingerprint density at radius 1 is 1.21 bits per heavy atom. The van der Waals surface area contributed by atoms with Crippen LogP contribution in [0.5, 0.6) is 0 Å². The van der Waals surface area contributed by atoms with E-state index < -0.39 is 18.5 Å². The minimum Gasteiger partial charge on any atom is -0.382 e. The van der Waals surface area contributed by atoms with E-state index in [1.807, 2.05) is 6.07 Å². The van der Waals surface area contributed by atoms with Crippen molar-refractivity contribution in [2.75, 3.05) is 16.4 Å². The predicted molar refractivity (Wildman–Crippen MR) is 117 cm³/mol. The molecule has 33 heavy (non-hydrogen) atoms. The fraction of sp³-hybridized carbons (Fsp3) is 0.0455. The standard InChI is InChI=1S/C22H15F2N7O2/c23-8-12-1-6-16(24)17(7-12)30-22(33)29-14-4-2-13(3-5-14)19-15(9-25)18(10-32)31-20(19)21(26)27-11-28-31/h1-7,10-11H,8H2,(H2,26,27,28)(H2,29,30,33). The second-order valence-electron chi connectivity index (χ2n) is 6.87. The monoisotopic (exact) mass is 447 g/mol. The lowest BCUT2D eigenvalue weighted by Crippen LogP contribution is -2.20. The van der Waals surface area contributed by atoms with Crippen LogP contribution in [-0.4, -0.2) is 26.9 Å². The van der Waals surface area contributed by atoms with E-state index >= 15 is 0 Å². The van der Waals surface area contributed by atoms with Crippen molar-refractivity contribution in [2.45, 2.75) is 6.67 Å². The summed E-state index contributed by atoms with van der Waals surface area (Å²) in [7, 11) is 0. The Balaban J connectivity index is 1.62. The van der Waals surface area contributed by atoms with Gasteiger partial charge in [0.25, 0.3) is 0 Å². The number of urea groups is 1. The number of nitrogen functional groups attached to an aromatic ring is 1. The highest BCUT2D eigenvalue weighted by Crippen LogP contribution is 2.34. The molecule has 2 heterocycles. The number of carbonyl (C=O) groups excluding carboxylic acids is 2. The minimum atomic E-state index is -0.793. The molecule has 2 aromatic carbocycles. The summed E-state index contributed by atoms with van der Waals surface area (Å²) in [5.74, 6) is -0.614. The molecule has 0 bridgehead atoms. The molecule has 9 nitrogen and oxygen atoms in total. The number of nitrogens with two attached hydrogens (primary N) is 1. The minimum absolute atomic E-state index is 0.0377. The quantitative estimate of drug-likeness (QED) is 0.397. The zero-order valence-electron chi connectivity index (χ0n) is 16.8. The van der Waals surface area contributed by atoms with E-state index in [0.717, 1.165) is 6.07 Å². The number of aldehydes is 1. The summed E-state index contributed by atoms with van der Waals surface area (Å²) in [6.45, 7) is -0.793. The van der Waals surface area contributed by atoms with E-state index in [1.54, 1.807) is 24.3 Å². The Morgan fingerprint density at radius 2 is 1.97 bits per heavy atom. The Labute approximate surface area is 185 Å². The van der Waals surface area contributed by atoms with Crippen LogP contribution in [0.2, 0.25) is 0 Å². The van der Waals surface area contributed by atoms with Gasteiger partial charge < -0.3 is 16.4 Å². The van der Waals surface area contributed by atoms with E-state index in [9.17, 15) is 23.6 Å². The molecule has 4 aromatic rings. The average molecular weight is 447 g/mol. The normalized spacial score (nSPS) is 10.6. The number of fused-ring (bicyclic) bond motifs is 1. The molecule has 0 saturated heterocycles. The van der Waals surface area contributed by atoms with Crippen LogP contribution in [0, 0.1) is 17.1 Å². The number of rotatable bonds is 5. The number of alkyl halides is 1. The fourth-order valence-electron chi connectivity index (χ4n) is 3.40. The van der Waals surface area contributed by atoms with Gasteiger partial charge in [0.05, 0.1) is 11.3 Å². The van der Waals surface area contributed by atoms with E-state index in [0.29, 0.717) is 28.6 Å². The molecule has 0 aliphatic heterocycles. The van der Waals surface area contributed by atoms with Crippen LogP contribution in [-0.2, 0) is 6.67 Å². The van der Waals surface area contributed by atoms with Gasteiger partial charge in [0, 0.05) is 11.3 Å². The van der Waals surface area contributed by atoms with Crippen molar-refractivity contribution in [1.82, 2.24) is 14.6 Å². The molecule has 0 radical (unpaired) electrons. The van der Waals surface area contributed by atoms with Gasteiger partial charge in [-0.1, -0.05) is 18.2 Å². The molecular weight excluding hydrogens is 432 g/mol. The lowest BCUT2D eigenvalue weighted by atomic mass is 10.0. The van der Waals surface area contributed by atoms with Gasteiger partial charge in [-0.3, -0.25) is 4.79 Å². The van der Waals surface area contributed by atoms with Crippen LogP contribution in [0.4, 0.5) is 30.8 Å². The number of hydrogen-bond donors (Lipinski definition) is 3. The van der Waals surface area contributed by atoms with Crippen LogP contribution in [0.15, 0.2) is 48.8 Å². The first-order valence-electron chi connectivity index (χ1n) is 9.50. The van der Waals surface area contributed by atoms with Crippen molar-refractivity contribution in [1.29, 1.82) is 5.26 Å². The van der Waals surface area contributed by atoms with Crippen molar-refractivity contribution in [2.24, 2.45) is 0 Å². The number of amides is 2. The van der Waals surface area contributed by atoms with Gasteiger partial charge in [-0.05, 0) is 35.4 Å². The van der Waals surface area contributed by atoms with Gasteiger partial charge in [-0.15, -0.1) is 0 Å². The maximum absolute atomic E-state index is 13.9. The maximum Gasteiger partial charge on any atom is 0.323 e. The zero-order valence-corrected chi connectivity index (χ0v) is 16.8. The summed E-state index contributed by atoms with van der Waals surface area (Å²) in [6, 6.07) is 11.1. The molecule has 0 aliphatic rings. The number of anilines is 3. The first-order valence-corrected chi connectivity index (χ1v) is 9.50. The molecule has 0 fully saturated rings. The SMILES string of the molecule is N#Cc1c(-c2ccc(NC(=O)Nc3cc(CF)ccc3F)cc2)c2c(N)ncnn2c1C=O. The Kier molecular flexibility index (Phi) is 5.65. The van der Waals surface area contributed by atoms with Gasteiger partial charge in [-0.2, -0.15) is 10.4 Å². The molecule has 0 atom stereocenters. The van der Waals surface area contributed by atoms with Crippen LogP contribution >= 0.6 is 0 Å². The van der Waals surface area contributed by atoms with Gasteiger partial charge in [0.1, 0.15) is 36.1 Å². The van der Waals surface area contributed by atoms with Gasteiger partial charge in [-0.25, -0.2) is 23.1 Å². The zero-order chi connectivity index (χ0) is 23.5. The summed E-state index contributed by atoms with van der Waals surface area (Å²) < 4.78 is 27.9. The molecule has 0 spiro atoms. The average Bonchev–Trinajstić information content (AvgIpc) is 3.15. The molecule has 4 N–H and O–H groups in total. The number of nitrogens with one attached hydrogen (secondary N) is 2. The number of nitrogens with zero attached hydrogens (tertiary/aromatic N) is 4. The third kappa shape index (κ3) is 3.92. The number of aromatic nitrogens is 3. The second-order valence-corrected chi connectivity index (χ2v) is 6.87. The molecule has 2 aromatic heterocycles. The van der Waals surface area contributed by atoms with E-state index in [1.165, 1.54) is 23.0 Å². The van der Waals surface area contributed by atoms with Crippen LogP contribution in [0.3, 0.4) is 0 Å². The molecule has 164 valence electrons. The van der Waals surface area contributed by atoms with Crippen LogP contribution in [0.1, 0.15) is 21.6 Å². The number of halogens is 2. The highest BCUT2D eigenvalue weighted by molar-refractivity contribution is 6.01. The lowest BCUT2D eigenvalue weighted by Gasteiger charge is -2.10. The highest BCUT2D eigenvalue weighted by atomic mass is 19.1. The second kappa shape index (κ2) is 8.72. The molecule has 0 unspecified atom stereocenters. The van der Waals surface area contributed by atoms with E-state index in [-0.39, 0.29) is 28.3 Å². The smallest absolute Gasteiger partial charge is 0.323 e. The predicted octanol–water partition coefficient (Wildman–Crippen LogP) is 3.92. The van der Waals surface area contributed by atoms with Crippen molar-refractivity contribution in [3.63, 3.8) is 0 Å². The molecule has 0 aliphatic carbocycles. The third-order valence-electron chi connectivity index (χ3n) is 4.88. The molecular formula is C22H15F2N7O2. The summed E-state index contributed by atoms with van der Waals surface area (Å²) >= 11 is 0. The fourth-order valence-corrected chi connectivity index (χ4v) is 3.40. The van der Waals surface area contributed by atoms with Crippen molar-refractivity contribution >= 4 is 35.0 Å². The van der Waals surface area contributed by atoms with Gasteiger partial charge in [0.2, 0.25) is 0 Å². The first kappa shape index (κ1) is 21.4. The summed E-state index contributed by atoms with van der Waals surface area (Å²) in [4.78, 5) is 27.8. The third-order valence-corrected chi connectivity index (χ3v) is 4.88. The van der Waals surface area contributed by atoms with Crippen molar-refractivity contribution in [3.8, 4) is 17.2 Å². The molecule has 4 rings (SSSR count). The summed E-state index contributed by atoms with van der Waals surface area (Å²) in [5, 5.41) is 18.5.